The summed E-state index contributed by atoms with van der Waals surface area (Å²) in [5.41, 5.74) is 4.52. The van der Waals surface area contributed by atoms with Crippen LogP contribution in [0, 0.1) is 6.92 Å². The maximum absolute atomic E-state index is 10.4. The number of hydrogen-bond acceptors (Lipinski definition) is 3. The molecule has 0 saturated carbocycles. The Morgan fingerprint density at radius 1 is 0.967 bits per heavy atom. The zero-order valence-corrected chi connectivity index (χ0v) is 19.6. The standard InChI is InChI=1S/C27H40O3/c1-20(2)10-8-16-27(6,30)17-9-13-21(3)11-7-12-22(4)14-15-24-19-25(28)18-23(5)26(24)29/h9-11,14,17-19,28-30H,7-8,12-13,15-16H2,1-6H3/b17-9-,21-11?,22-14+. The highest BCUT2D eigenvalue weighted by atomic mass is 16.3. The molecule has 0 bridgehead atoms. The van der Waals surface area contributed by atoms with E-state index in [9.17, 15) is 15.3 Å². The molecule has 3 nitrogen and oxygen atoms in total. The molecule has 0 aliphatic rings. The summed E-state index contributed by atoms with van der Waals surface area (Å²) in [6.07, 6.45) is 15.5. The van der Waals surface area contributed by atoms with Gasteiger partial charge in [-0.3, -0.25) is 0 Å². The summed E-state index contributed by atoms with van der Waals surface area (Å²) in [6.45, 7) is 12.0. The van der Waals surface area contributed by atoms with Crippen molar-refractivity contribution in [1.82, 2.24) is 0 Å². The van der Waals surface area contributed by atoms with Crippen LogP contribution in [0.3, 0.4) is 0 Å². The first-order valence-corrected chi connectivity index (χ1v) is 10.9. The second kappa shape index (κ2) is 12.4. The minimum absolute atomic E-state index is 0.189. The number of aryl methyl sites for hydroxylation is 1. The molecule has 0 aliphatic heterocycles. The summed E-state index contributed by atoms with van der Waals surface area (Å²) in [4.78, 5) is 0. The van der Waals surface area contributed by atoms with Gasteiger partial charge in [-0.15, -0.1) is 0 Å². The van der Waals surface area contributed by atoms with Gasteiger partial charge >= 0.3 is 0 Å². The largest absolute Gasteiger partial charge is 0.508 e. The van der Waals surface area contributed by atoms with E-state index in [1.54, 1.807) is 19.1 Å². The number of phenolic OH excluding ortho intramolecular Hbond substituents is 2. The Kier molecular flexibility index (Phi) is 10.7. The first-order valence-electron chi connectivity index (χ1n) is 10.9. The van der Waals surface area contributed by atoms with Crippen molar-refractivity contribution < 1.29 is 15.3 Å². The molecule has 1 aromatic carbocycles. The van der Waals surface area contributed by atoms with Gasteiger partial charge in [0.15, 0.2) is 0 Å². The van der Waals surface area contributed by atoms with Crippen molar-refractivity contribution in [1.29, 1.82) is 0 Å². The van der Waals surface area contributed by atoms with Gasteiger partial charge < -0.3 is 15.3 Å². The molecular weight excluding hydrogens is 372 g/mol. The Morgan fingerprint density at radius 3 is 2.33 bits per heavy atom. The number of rotatable bonds is 11. The normalized spacial score (nSPS) is 14.8. The van der Waals surface area contributed by atoms with E-state index in [4.69, 9.17) is 0 Å². The minimum Gasteiger partial charge on any atom is -0.508 e. The first kappa shape index (κ1) is 25.8. The molecule has 1 unspecified atom stereocenters. The fraction of sp³-hybridized carbons (Fsp3) is 0.481. The molecule has 166 valence electrons. The van der Waals surface area contributed by atoms with Gasteiger partial charge in [0, 0.05) is 5.56 Å². The fourth-order valence-electron chi connectivity index (χ4n) is 3.24. The van der Waals surface area contributed by atoms with E-state index in [1.807, 2.05) is 13.0 Å². The number of aromatic hydroxyl groups is 2. The molecular formula is C27H40O3. The third-order valence-electron chi connectivity index (χ3n) is 5.19. The van der Waals surface area contributed by atoms with Crippen LogP contribution in [0.2, 0.25) is 0 Å². The summed E-state index contributed by atoms with van der Waals surface area (Å²) in [5.74, 6) is 0.449. The Labute approximate surface area is 183 Å². The molecule has 3 heteroatoms. The Hall–Kier alpha value is -2.26. The van der Waals surface area contributed by atoms with Crippen LogP contribution in [0.25, 0.3) is 0 Å². The zero-order chi connectivity index (χ0) is 22.7. The Morgan fingerprint density at radius 2 is 1.67 bits per heavy atom. The van der Waals surface area contributed by atoms with E-state index >= 15 is 0 Å². The predicted octanol–water partition coefficient (Wildman–Crippen LogP) is 7.07. The highest BCUT2D eigenvalue weighted by Gasteiger charge is 2.14. The molecule has 1 aromatic rings. The summed E-state index contributed by atoms with van der Waals surface area (Å²) in [6, 6.07) is 3.19. The van der Waals surface area contributed by atoms with Crippen LogP contribution in [0.5, 0.6) is 11.5 Å². The number of phenols is 2. The second-order valence-electron chi connectivity index (χ2n) is 8.90. The molecule has 0 amide bonds. The highest BCUT2D eigenvalue weighted by Crippen LogP contribution is 2.28. The number of aliphatic hydroxyl groups is 1. The first-order chi connectivity index (χ1) is 14.0. The third-order valence-corrected chi connectivity index (χ3v) is 5.19. The van der Waals surface area contributed by atoms with E-state index in [-0.39, 0.29) is 11.5 Å². The van der Waals surface area contributed by atoms with E-state index in [0.29, 0.717) is 12.0 Å². The van der Waals surface area contributed by atoms with E-state index < -0.39 is 5.60 Å². The molecule has 30 heavy (non-hydrogen) atoms. The van der Waals surface area contributed by atoms with Crippen molar-refractivity contribution >= 4 is 0 Å². The molecule has 1 atom stereocenters. The second-order valence-corrected chi connectivity index (χ2v) is 8.90. The number of hydrogen-bond donors (Lipinski definition) is 3. The van der Waals surface area contributed by atoms with Crippen LogP contribution in [0.1, 0.15) is 77.8 Å². The van der Waals surface area contributed by atoms with Gasteiger partial charge in [0.2, 0.25) is 0 Å². The fourth-order valence-corrected chi connectivity index (χ4v) is 3.24. The van der Waals surface area contributed by atoms with Crippen molar-refractivity contribution in [3.63, 3.8) is 0 Å². The van der Waals surface area contributed by atoms with Gasteiger partial charge in [0.25, 0.3) is 0 Å². The lowest BCUT2D eigenvalue weighted by Crippen LogP contribution is -2.19. The summed E-state index contributed by atoms with van der Waals surface area (Å²) in [5, 5.41) is 30.2. The topological polar surface area (TPSA) is 60.7 Å². The van der Waals surface area contributed by atoms with E-state index in [1.165, 1.54) is 16.7 Å². The van der Waals surface area contributed by atoms with E-state index in [2.05, 4.69) is 52.0 Å². The van der Waals surface area contributed by atoms with Crippen LogP contribution < -0.4 is 0 Å². The molecule has 0 spiro atoms. The maximum Gasteiger partial charge on any atom is 0.122 e. The molecule has 0 heterocycles. The van der Waals surface area contributed by atoms with Gasteiger partial charge in [-0.05, 0) is 97.8 Å². The van der Waals surface area contributed by atoms with Crippen molar-refractivity contribution in [2.45, 2.75) is 85.7 Å². The molecule has 0 aromatic heterocycles. The van der Waals surface area contributed by atoms with Crippen LogP contribution in [0.15, 0.2) is 59.2 Å². The SMILES string of the molecule is CC(C)=CCCC(C)(O)/C=C\CC(C)=CCC/C(C)=C/Cc1cc(O)cc(C)c1O. The van der Waals surface area contributed by atoms with Crippen molar-refractivity contribution in [3.8, 4) is 11.5 Å². The quantitative estimate of drug-likeness (QED) is 0.269. The maximum atomic E-state index is 10.4. The average molecular weight is 413 g/mol. The lowest BCUT2D eigenvalue weighted by atomic mass is 9.98. The van der Waals surface area contributed by atoms with Crippen LogP contribution in [-0.2, 0) is 6.42 Å². The molecule has 0 radical (unpaired) electrons. The Balaban J connectivity index is 2.47. The molecule has 0 fully saturated rings. The lowest BCUT2D eigenvalue weighted by Gasteiger charge is -2.18. The Bertz CT molecular complexity index is 804. The minimum atomic E-state index is -0.763. The molecule has 3 N–H and O–H groups in total. The predicted molar refractivity (Wildman–Crippen MR) is 128 cm³/mol. The monoisotopic (exact) mass is 412 g/mol. The summed E-state index contributed by atoms with van der Waals surface area (Å²) < 4.78 is 0. The van der Waals surface area contributed by atoms with E-state index in [0.717, 1.165) is 37.7 Å². The van der Waals surface area contributed by atoms with Crippen LogP contribution in [-0.4, -0.2) is 20.9 Å². The van der Waals surface area contributed by atoms with Crippen LogP contribution >= 0.6 is 0 Å². The van der Waals surface area contributed by atoms with Gasteiger partial charge in [-0.1, -0.05) is 47.1 Å². The number of benzene rings is 1. The van der Waals surface area contributed by atoms with Gasteiger partial charge in [0.1, 0.15) is 11.5 Å². The lowest BCUT2D eigenvalue weighted by molar-refractivity contribution is 0.103. The highest BCUT2D eigenvalue weighted by molar-refractivity contribution is 5.46. The van der Waals surface area contributed by atoms with Gasteiger partial charge in [-0.2, -0.15) is 0 Å². The van der Waals surface area contributed by atoms with Crippen molar-refractivity contribution in [2.24, 2.45) is 0 Å². The smallest absolute Gasteiger partial charge is 0.122 e. The van der Waals surface area contributed by atoms with Crippen molar-refractivity contribution in [2.75, 3.05) is 0 Å². The summed E-state index contributed by atoms with van der Waals surface area (Å²) in [7, 11) is 0. The average Bonchev–Trinajstić information content (AvgIpc) is 2.62. The summed E-state index contributed by atoms with van der Waals surface area (Å²) >= 11 is 0. The van der Waals surface area contributed by atoms with Gasteiger partial charge in [-0.25, -0.2) is 0 Å². The third kappa shape index (κ3) is 10.5. The molecule has 1 rings (SSSR count). The van der Waals surface area contributed by atoms with Gasteiger partial charge in [0.05, 0.1) is 5.60 Å². The zero-order valence-electron chi connectivity index (χ0n) is 19.6. The van der Waals surface area contributed by atoms with Crippen molar-refractivity contribution in [3.05, 3.63) is 70.4 Å². The molecule has 0 saturated heterocycles. The van der Waals surface area contributed by atoms with Crippen LogP contribution in [0.4, 0.5) is 0 Å². The molecule has 0 aliphatic carbocycles. The number of allylic oxidation sites excluding steroid dienone is 7.